The number of hydrogen-bond donors (Lipinski definition) is 2. The van der Waals surface area contributed by atoms with E-state index >= 15 is 0 Å². The lowest BCUT2D eigenvalue weighted by molar-refractivity contribution is 0.0929. The summed E-state index contributed by atoms with van der Waals surface area (Å²) in [7, 11) is 0. The van der Waals surface area contributed by atoms with Crippen LogP contribution < -0.4 is 5.32 Å². The summed E-state index contributed by atoms with van der Waals surface area (Å²) in [6.07, 6.45) is 5.78. The van der Waals surface area contributed by atoms with Crippen LogP contribution in [-0.4, -0.2) is 43.4 Å². The molecule has 2 heterocycles. The number of aromatic nitrogens is 4. The topological polar surface area (TPSA) is 92.9 Å². The van der Waals surface area contributed by atoms with Gasteiger partial charge in [0.15, 0.2) is 5.82 Å². The molecule has 0 aliphatic rings. The van der Waals surface area contributed by atoms with Crippen LogP contribution in [0.2, 0.25) is 0 Å². The molecule has 0 saturated carbocycles. The van der Waals surface area contributed by atoms with Gasteiger partial charge in [0.2, 0.25) is 0 Å². The van der Waals surface area contributed by atoms with Crippen molar-refractivity contribution < 1.29 is 9.90 Å². The first-order valence-electron chi connectivity index (χ1n) is 6.47. The van der Waals surface area contributed by atoms with Gasteiger partial charge in [0.05, 0.1) is 5.56 Å². The summed E-state index contributed by atoms with van der Waals surface area (Å²) in [5.74, 6) is 0.407. The number of aliphatic hydroxyl groups is 1. The fourth-order valence-corrected chi connectivity index (χ4v) is 1.79. The van der Waals surface area contributed by atoms with Crippen molar-refractivity contribution in [2.75, 3.05) is 6.61 Å². The second-order valence-electron chi connectivity index (χ2n) is 4.34. The second-order valence-corrected chi connectivity index (χ2v) is 4.34. The molecule has 0 aromatic carbocycles. The minimum atomic E-state index is -0.192. The predicted octanol–water partition coefficient (Wildman–Crippen LogP) is 0.553. The molecule has 2 aromatic rings. The molecule has 0 fully saturated rings. The van der Waals surface area contributed by atoms with Crippen molar-refractivity contribution in [2.24, 2.45) is 0 Å². The molecule has 0 saturated heterocycles. The molecule has 106 valence electrons. The van der Waals surface area contributed by atoms with Crippen LogP contribution in [0.5, 0.6) is 0 Å². The van der Waals surface area contributed by atoms with E-state index in [0.717, 1.165) is 6.42 Å². The summed E-state index contributed by atoms with van der Waals surface area (Å²) in [6, 6.07) is 3.37. The molecule has 0 radical (unpaired) electrons. The van der Waals surface area contributed by atoms with Crippen LogP contribution in [0.4, 0.5) is 0 Å². The van der Waals surface area contributed by atoms with Gasteiger partial charge in [0, 0.05) is 18.8 Å². The number of rotatable bonds is 6. The number of hydrogen-bond acceptors (Lipinski definition) is 5. The van der Waals surface area contributed by atoms with Gasteiger partial charge >= 0.3 is 0 Å². The zero-order valence-electron chi connectivity index (χ0n) is 11.2. The lowest BCUT2D eigenvalue weighted by Gasteiger charge is -2.15. The van der Waals surface area contributed by atoms with Crippen LogP contribution in [0, 0.1) is 0 Å². The average Bonchev–Trinajstić information content (AvgIpc) is 3.01. The fraction of sp³-hybridized carbons (Fsp3) is 0.385. The maximum Gasteiger partial charge on any atom is 0.253 e. The highest BCUT2D eigenvalue weighted by Gasteiger charge is 2.12. The highest BCUT2D eigenvalue weighted by molar-refractivity contribution is 5.94. The number of carbonyl (C=O) groups excluding carboxylic acids is 1. The standard InChI is InChI=1S/C13H17N5O2/c1-2-11(5-6-19)17-13(20)10-3-4-12(15-7-10)18-9-14-8-16-18/h3-4,7-9,11,19H,2,5-6H2,1H3,(H,17,20). The van der Waals surface area contributed by atoms with Gasteiger partial charge in [-0.2, -0.15) is 5.10 Å². The van der Waals surface area contributed by atoms with Gasteiger partial charge in [-0.25, -0.2) is 14.6 Å². The van der Waals surface area contributed by atoms with Gasteiger partial charge in [-0.15, -0.1) is 0 Å². The molecule has 2 aromatic heterocycles. The molecular formula is C13H17N5O2. The zero-order chi connectivity index (χ0) is 14.4. The normalized spacial score (nSPS) is 12.1. The van der Waals surface area contributed by atoms with Crippen molar-refractivity contribution in [3.63, 3.8) is 0 Å². The lowest BCUT2D eigenvalue weighted by atomic mass is 10.1. The molecule has 20 heavy (non-hydrogen) atoms. The van der Waals surface area contributed by atoms with E-state index in [9.17, 15) is 4.79 Å². The fourth-order valence-electron chi connectivity index (χ4n) is 1.79. The first-order chi connectivity index (χ1) is 9.74. The Morgan fingerprint density at radius 1 is 1.50 bits per heavy atom. The van der Waals surface area contributed by atoms with Crippen LogP contribution >= 0.6 is 0 Å². The van der Waals surface area contributed by atoms with E-state index in [1.807, 2.05) is 6.92 Å². The van der Waals surface area contributed by atoms with E-state index in [1.165, 1.54) is 23.5 Å². The number of pyridine rings is 1. The third-order valence-corrected chi connectivity index (χ3v) is 2.97. The van der Waals surface area contributed by atoms with Crippen LogP contribution in [0.3, 0.4) is 0 Å². The molecule has 0 spiro atoms. The van der Waals surface area contributed by atoms with Crippen LogP contribution in [-0.2, 0) is 0 Å². The van der Waals surface area contributed by atoms with E-state index in [0.29, 0.717) is 17.8 Å². The zero-order valence-corrected chi connectivity index (χ0v) is 11.2. The predicted molar refractivity (Wildman–Crippen MR) is 72.4 cm³/mol. The Kier molecular flexibility index (Phi) is 4.78. The lowest BCUT2D eigenvalue weighted by Crippen LogP contribution is -2.35. The van der Waals surface area contributed by atoms with Crippen LogP contribution in [0.1, 0.15) is 30.1 Å². The van der Waals surface area contributed by atoms with Gasteiger partial charge < -0.3 is 10.4 Å². The Labute approximate surface area is 116 Å². The molecule has 1 atom stereocenters. The molecule has 2 N–H and O–H groups in total. The Bertz CT molecular complexity index is 538. The van der Waals surface area contributed by atoms with Crippen LogP contribution in [0.25, 0.3) is 5.82 Å². The highest BCUT2D eigenvalue weighted by Crippen LogP contribution is 2.05. The minimum Gasteiger partial charge on any atom is -0.396 e. The van der Waals surface area contributed by atoms with Crippen molar-refractivity contribution in [3.05, 3.63) is 36.5 Å². The quantitative estimate of drug-likeness (QED) is 0.803. The smallest absolute Gasteiger partial charge is 0.253 e. The summed E-state index contributed by atoms with van der Waals surface area (Å²) in [5.41, 5.74) is 0.477. The number of carbonyl (C=O) groups is 1. The van der Waals surface area contributed by atoms with Gasteiger partial charge in [-0.1, -0.05) is 6.92 Å². The van der Waals surface area contributed by atoms with Crippen LogP contribution in [0.15, 0.2) is 31.0 Å². The summed E-state index contributed by atoms with van der Waals surface area (Å²) in [5, 5.41) is 15.7. The van der Waals surface area contributed by atoms with E-state index < -0.39 is 0 Å². The van der Waals surface area contributed by atoms with E-state index in [2.05, 4.69) is 20.4 Å². The Morgan fingerprint density at radius 3 is 2.90 bits per heavy atom. The van der Waals surface area contributed by atoms with Gasteiger partial charge in [-0.05, 0) is 25.0 Å². The SMILES string of the molecule is CCC(CCO)NC(=O)c1ccc(-n2cncn2)nc1. The van der Waals surface area contributed by atoms with Gasteiger partial charge in [0.1, 0.15) is 12.7 Å². The van der Waals surface area contributed by atoms with Gasteiger partial charge in [-0.3, -0.25) is 4.79 Å². The van der Waals surface area contributed by atoms with Crippen molar-refractivity contribution in [1.29, 1.82) is 0 Å². The third-order valence-electron chi connectivity index (χ3n) is 2.97. The minimum absolute atomic E-state index is 0.0255. The van der Waals surface area contributed by atoms with E-state index in [4.69, 9.17) is 5.11 Å². The average molecular weight is 275 g/mol. The number of nitrogens with zero attached hydrogens (tertiary/aromatic N) is 4. The Balaban J connectivity index is 2.04. The molecule has 0 aliphatic carbocycles. The van der Waals surface area contributed by atoms with E-state index in [-0.39, 0.29) is 18.6 Å². The van der Waals surface area contributed by atoms with Crippen molar-refractivity contribution in [3.8, 4) is 5.82 Å². The van der Waals surface area contributed by atoms with Crippen molar-refractivity contribution in [2.45, 2.75) is 25.8 Å². The monoisotopic (exact) mass is 275 g/mol. The maximum absolute atomic E-state index is 12.0. The summed E-state index contributed by atoms with van der Waals surface area (Å²) >= 11 is 0. The molecule has 1 amide bonds. The van der Waals surface area contributed by atoms with E-state index in [1.54, 1.807) is 12.1 Å². The molecular weight excluding hydrogens is 258 g/mol. The maximum atomic E-state index is 12.0. The number of amides is 1. The Hall–Kier alpha value is -2.28. The molecule has 0 bridgehead atoms. The molecule has 7 nitrogen and oxygen atoms in total. The molecule has 0 aliphatic heterocycles. The first kappa shape index (κ1) is 14.1. The number of aliphatic hydroxyl groups excluding tert-OH is 1. The molecule has 2 rings (SSSR count). The molecule has 7 heteroatoms. The second kappa shape index (κ2) is 6.76. The number of nitrogens with one attached hydrogen (secondary N) is 1. The van der Waals surface area contributed by atoms with Crippen molar-refractivity contribution in [1.82, 2.24) is 25.1 Å². The third kappa shape index (κ3) is 3.39. The van der Waals surface area contributed by atoms with Gasteiger partial charge in [0.25, 0.3) is 5.91 Å². The largest absolute Gasteiger partial charge is 0.396 e. The molecule has 1 unspecified atom stereocenters. The Morgan fingerprint density at radius 2 is 2.35 bits per heavy atom. The highest BCUT2D eigenvalue weighted by atomic mass is 16.3. The summed E-state index contributed by atoms with van der Waals surface area (Å²) in [4.78, 5) is 20.0. The van der Waals surface area contributed by atoms with Crippen molar-refractivity contribution >= 4 is 5.91 Å². The first-order valence-corrected chi connectivity index (χ1v) is 6.47. The summed E-state index contributed by atoms with van der Waals surface area (Å²) in [6.45, 7) is 2.02. The summed E-state index contributed by atoms with van der Waals surface area (Å²) < 4.78 is 1.52.